The van der Waals surface area contributed by atoms with E-state index in [1.165, 1.54) is 0 Å². The number of hydrogen-bond donors (Lipinski definition) is 3. The first-order valence-corrected chi connectivity index (χ1v) is 9.62. The van der Waals surface area contributed by atoms with Crippen molar-refractivity contribution >= 4 is 23.2 Å². The Morgan fingerprint density at radius 1 is 0.929 bits per heavy atom. The van der Waals surface area contributed by atoms with Crippen LogP contribution in [0.1, 0.15) is 25.0 Å². The summed E-state index contributed by atoms with van der Waals surface area (Å²) in [6.45, 7) is 4.56. The third kappa shape index (κ3) is 6.09. The van der Waals surface area contributed by atoms with Crippen LogP contribution >= 0.6 is 0 Å². The molecule has 0 saturated heterocycles. The number of anilines is 2. The number of amides is 2. The van der Waals surface area contributed by atoms with E-state index < -0.39 is 0 Å². The van der Waals surface area contributed by atoms with Crippen molar-refractivity contribution < 1.29 is 19.2 Å². The number of ether oxygens (including phenoxy) is 1. The predicted octanol–water partition coefficient (Wildman–Crippen LogP) is 1.91. The Balaban J connectivity index is 1.91. The lowest BCUT2D eigenvalue weighted by Gasteiger charge is -2.17. The van der Waals surface area contributed by atoms with Gasteiger partial charge in [0.25, 0.3) is 11.8 Å². The third-order valence-electron chi connectivity index (χ3n) is 4.54. The van der Waals surface area contributed by atoms with Gasteiger partial charge >= 0.3 is 0 Å². The molecule has 0 aliphatic rings. The van der Waals surface area contributed by atoms with Crippen molar-refractivity contribution in [1.82, 2.24) is 0 Å². The number of aryl methyl sites for hydroxylation is 2. The molecule has 6 nitrogen and oxygen atoms in total. The number of rotatable bonds is 9. The topological polar surface area (TPSA) is 71.9 Å². The van der Waals surface area contributed by atoms with Gasteiger partial charge in [-0.3, -0.25) is 9.59 Å². The molecule has 2 amide bonds. The maximum Gasteiger partial charge on any atom is 0.279 e. The monoisotopic (exact) mass is 384 g/mol. The van der Waals surface area contributed by atoms with Crippen molar-refractivity contribution in [3.8, 4) is 5.75 Å². The number of carbonyl (C=O) groups excluding carboxylic acids is 2. The summed E-state index contributed by atoms with van der Waals surface area (Å²) < 4.78 is 5.15. The summed E-state index contributed by atoms with van der Waals surface area (Å²) >= 11 is 0. The molecule has 0 fully saturated rings. The largest absolute Gasteiger partial charge is 0.497 e. The minimum absolute atomic E-state index is 0.0951. The minimum Gasteiger partial charge on any atom is -0.497 e. The fourth-order valence-electron chi connectivity index (χ4n) is 3.10. The van der Waals surface area contributed by atoms with Crippen LogP contribution in [0.15, 0.2) is 42.5 Å². The van der Waals surface area contributed by atoms with Crippen LogP contribution in [0.2, 0.25) is 0 Å². The third-order valence-corrected chi connectivity index (χ3v) is 4.54. The predicted molar refractivity (Wildman–Crippen MR) is 112 cm³/mol. The zero-order chi connectivity index (χ0) is 20.5. The maximum atomic E-state index is 12.5. The lowest BCUT2D eigenvalue weighted by atomic mass is 10.0. The van der Waals surface area contributed by atoms with Gasteiger partial charge in [0.2, 0.25) is 0 Å². The van der Waals surface area contributed by atoms with Gasteiger partial charge < -0.3 is 20.3 Å². The second-order valence-electron chi connectivity index (χ2n) is 6.80. The van der Waals surface area contributed by atoms with E-state index >= 15 is 0 Å². The molecule has 150 valence electrons. The van der Waals surface area contributed by atoms with E-state index in [2.05, 4.69) is 24.5 Å². The first kappa shape index (κ1) is 21.4. The second-order valence-corrected chi connectivity index (χ2v) is 6.80. The Labute approximate surface area is 166 Å². The zero-order valence-electron chi connectivity index (χ0n) is 17.1. The molecule has 6 heteroatoms. The average Bonchev–Trinajstić information content (AvgIpc) is 2.67. The Kier molecular flexibility index (Phi) is 8.02. The molecule has 0 bridgehead atoms. The zero-order valence-corrected chi connectivity index (χ0v) is 17.1. The minimum atomic E-state index is -0.151. The lowest BCUT2D eigenvalue weighted by molar-refractivity contribution is -0.862. The van der Waals surface area contributed by atoms with E-state index in [-0.39, 0.29) is 24.9 Å². The molecule has 0 heterocycles. The molecule has 0 aliphatic heterocycles. The summed E-state index contributed by atoms with van der Waals surface area (Å²) in [6, 6.07) is 13.3. The lowest BCUT2D eigenvalue weighted by Crippen LogP contribution is -3.11. The van der Waals surface area contributed by atoms with E-state index in [9.17, 15) is 9.59 Å². The van der Waals surface area contributed by atoms with Gasteiger partial charge in [0.1, 0.15) is 5.75 Å². The first-order valence-electron chi connectivity index (χ1n) is 9.62. The number of benzene rings is 2. The molecule has 2 aromatic carbocycles. The van der Waals surface area contributed by atoms with E-state index in [0.717, 1.165) is 34.6 Å². The van der Waals surface area contributed by atoms with Gasteiger partial charge in [0, 0.05) is 17.4 Å². The van der Waals surface area contributed by atoms with Crippen LogP contribution in [-0.4, -0.2) is 39.1 Å². The highest BCUT2D eigenvalue weighted by Crippen LogP contribution is 2.22. The van der Waals surface area contributed by atoms with Gasteiger partial charge in [-0.05, 0) is 36.1 Å². The molecule has 2 rings (SSSR count). The second kappa shape index (κ2) is 10.5. The summed E-state index contributed by atoms with van der Waals surface area (Å²) in [7, 11) is 3.41. The number of nitrogens with one attached hydrogen (secondary N) is 3. The Morgan fingerprint density at radius 2 is 1.50 bits per heavy atom. The molecule has 28 heavy (non-hydrogen) atoms. The molecule has 0 aromatic heterocycles. The van der Waals surface area contributed by atoms with Crippen LogP contribution in [0.5, 0.6) is 5.75 Å². The SMILES string of the molecule is CCc1cccc(CC)c1NC(=O)C[NH+](C)CC(=O)Nc1cccc(OC)c1. The molecule has 2 aromatic rings. The van der Waals surface area contributed by atoms with Gasteiger partial charge in [0.15, 0.2) is 13.1 Å². The average molecular weight is 385 g/mol. The molecule has 0 spiro atoms. The van der Waals surface area contributed by atoms with E-state index in [1.807, 2.05) is 37.4 Å². The molecule has 0 saturated carbocycles. The van der Waals surface area contributed by atoms with Gasteiger partial charge in [-0.25, -0.2) is 0 Å². The molecule has 0 radical (unpaired) electrons. The fraction of sp³-hybridized carbons (Fsp3) is 0.364. The Bertz CT molecular complexity index is 798. The van der Waals surface area contributed by atoms with Crippen LogP contribution in [0.25, 0.3) is 0 Å². The summed E-state index contributed by atoms with van der Waals surface area (Å²) in [5, 5.41) is 5.88. The molecular formula is C22H30N3O3+. The van der Waals surface area contributed by atoms with Crippen LogP contribution in [-0.2, 0) is 22.4 Å². The highest BCUT2D eigenvalue weighted by molar-refractivity contribution is 5.94. The highest BCUT2D eigenvalue weighted by Gasteiger charge is 2.16. The van der Waals surface area contributed by atoms with E-state index in [1.54, 1.807) is 19.2 Å². The quantitative estimate of drug-likeness (QED) is 0.618. The van der Waals surface area contributed by atoms with Gasteiger partial charge in [0.05, 0.1) is 14.2 Å². The van der Waals surface area contributed by atoms with Crippen molar-refractivity contribution in [1.29, 1.82) is 0 Å². The van der Waals surface area contributed by atoms with Gasteiger partial charge in [-0.1, -0.05) is 38.1 Å². The maximum absolute atomic E-state index is 12.5. The number of likely N-dealkylation sites (N-methyl/N-ethyl adjacent to an activating group) is 1. The smallest absolute Gasteiger partial charge is 0.279 e. The summed E-state index contributed by atoms with van der Waals surface area (Å²) in [4.78, 5) is 25.6. The molecule has 1 atom stereocenters. The highest BCUT2D eigenvalue weighted by atomic mass is 16.5. The van der Waals surface area contributed by atoms with Crippen molar-refractivity contribution in [2.45, 2.75) is 26.7 Å². The van der Waals surface area contributed by atoms with Gasteiger partial charge in [-0.15, -0.1) is 0 Å². The summed E-state index contributed by atoms with van der Waals surface area (Å²) in [6.07, 6.45) is 1.71. The van der Waals surface area contributed by atoms with Crippen molar-refractivity contribution in [3.05, 3.63) is 53.6 Å². The van der Waals surface area contributed by atoms with Crippen molar-refractivity contribution in [3.63, 3.8) is 0 Å². The number of carbonyl (C=O) groups is 2. The number of para-hydroxylation sites is 1. The van der Waals surface area contributed by atoms with Crippen LogP contribution in [0.3, 0.4) is 0 Å². The molecular weight excluding hydrogens is 354 g/mol. The van der Waals surface area contributed by atoms with Crippen molar-refractivity contribution in [2.24, 2.45) is 0 Å². The Hall–Kier alpha value is -2.86. The summed E-state index contributed by atoms with van der Waals surface area (Å²) in [5.74, 6) is 0.434. The molecule has 1 unspecified atom stereocenters. The number of quaternary nitrogens is 1. The van der Waals surface area contributed by atoms with Gasteiger partial charge in [-0.2, -0.15) is 0 Å². The van der Waals surface area contributed by atoms with Crippen LogP contribution < -0.4 is 20.3 Å². The van der Waals surface area contributed by atoms with Crippen LogP contribution in [0, 0.1) is 0 Å². The standard InChI is InChI=1S/C22H29N3O3/c1-5-16-9-7-10-17(6-2)22(16)24-21(27)15-25(3)14-20(26)23-18-11-8-12-19(13-18)28-4/h7-13H,5-6,14-15H2,1-4H3,(H,23,26)(H,24,27)/p+1. The van der Waals surface area contributed by atoms with E-state index in [4.69, 9.17) is 4.74 Å². The Morgan fingerprint density at radius 3 is 2.07 bits per heavy atom. The normalized spacial score (nSPS) is 11.6. The summed E-state index contributed by atoms with van der Waals surface area (Å²) in [5.41, 5.74) is 3.83. The number of methoxy groups -OCH3 is 1. The number of hydrogen-bond acceptors (Lipinski definition) is 3. The molecule has 3 N–H and O–H groups in total. The first-order chi connectivity index (χ1) is 13.5. The van der Waals surface area contributed by atoms with E-state index in [0.29, 0.717) is 11.4 Å². The van der Waals surface area contributed by atoms with Crippen LogP contribution in [0.4, 0.5) is 11.4 Å². The molecule has 0 aliphatic carbocycles. The fourth-order valence-corrected chi connectivity index (χ4v) is 3.10. The van der Waals surface area contributed by atoms with Crippen molar-refractivity contribution in [2.75, 3.05) is 37.9 Å².